The number of imide groups is 1. The lowest BCUT2D eigenvalue weighted by atomic mass is 9.92. The van der Waals surface area contributed by atoms with Crippen molar-refractivity contribution in [1.82, 2.24) is 14.9 Å². The second kappa shape index (κ2) is 8.66. The molecule has 2 heterocycles. The van der Waals surface area contributed by atoms with Gasteiger partial charge in [-0.05, 0) is 37.1 Å². The molecule has 2 aromatic carbocycles. The Hall–Kier alpha value is -3.73. The molecule has 10 nitrogen and oxygen atoms in total. The Morgan fingerprint density at radius 3 is 2.61 bits per heavy atom. The minimum atomic E-state index is -3.85. The van der Waals surface area contributed by atoms with Crippen LogP contribution >= 0.6 is 0 Å². The van der Waals surface area contributed by atoms with Crippen LogP contribution in [-0.2, 0) is 25.2 Å². The van der Waals surface area contributed by atoms with Gasteiger partial charge in [-0.15, -0.1) is 0 Å². The van der Waals surface area contributed by atoms with Crippen molar-refractivity contribution in [2.24, 2.45) is 4.99 Å². The molecule has 0 radical (unpaired) electrons. The summed E-state index contributed by atoms with van der Waals surface area (Å²) in [5, 5.41) is 5.19. The number of amides is 4. The monoisotopic (exact) mass is 469 g/mol. The van der Waals surface area contributed by atoms with E-state index in [1.807, 2.05) is 0 Å². The van der Waals surface area contributed by atoms with E-state index in [-0.39, 0.29) is 10.6 Å². The van der Waals surface area contributed by atoms with Gasteiger partial charge in [0, 0.05) is 18.7 Å². The smallest absolute Gasteiger partial charge is 0.324 e. The lowest BCUT2D eigenvalue weighted by molar-refractivity contribution is -0.133. The molecular weight excluding hydrogens is 446 g/mol. The Bertz CT molecular complexity index is 1240. The zero-order valence-corrected chi connectivity index (χ0v) is 18.7. The number of urea groups is 1. The SMILES string of the molecule is C[C@@]1(c2ccccc2)NC(=O)N(CC(=O)Nc2cccc(S(=O)(=O)NC3=NCCC3)c2)C1=O. The number of carbonyl (C=O) groups is 3. The zero-order valence-electron chi connectivity index (χ0n) is 17.9. The van der Waals surface area contributed by atoms with Gasteiger partial charge in [-0.25, -0.2) is 13.2 Å². The molecule has 33 heavy (non-hydrogen) atoms. The molecule has 11 heteroatoms. The number of aliphatic imine (C=N–C) groups is 1. The van der Waals surface area contributed by atoms with Crippen LogP contribution in [0.2, 0.25) is 0 Å². The summed E-state index contributed by atoms with van der Waals surface area (Å²) in [7, 11) is -3.85. The van der Waals surface area contributed by atoms with E-state index in [2.05, 4.69) is 20.3 Å². The molecular formula is C22H23N5O5S. The van der Waals surface area contributed by atoms with Gasteiger partial charge in [0.25, 0.3) is 15.9 Å². The van der Waals surface area contributed by atoms with Crippen molar-refractivity contribution in [2.45, 2.75) is 30.2 Å². The van der Waals surface area contributed by atoms with E-state index in [0.717, 1.165) is 11.3 Å². The molecule has 4 rings (SSSR count). The van der Waals surface area contributed by atoms with Crippen molar-refractivity contribution < 1.29 is 22.8 Å². The number of nitrogens with zero attached hydrogens (tertiary/aromatic N) is 2. The molecule has 2 aromatic rings. The predicted octanol–water partition coefficient (Wildman–Crippen LogP) is 1.56. The van der Waals surface area contributed by atoms with Gasteiger partial charge in [0.15, 0.2) is 0 Å². The van der Waals surface area contributed by atoms with E-state index in [4.69, 9.17) is 0 Å². The number of nitrogens with one attached hydrogen (secondary N) is 3. The van der Waals surface area contributed by atoms with Crippen LogP contribution in [0.5, 0.6) is 0 Å². The highest BCUT2D eigenvalue weighted by molar-refractivity contribution is 7.90. The fraction of sp³-hybridized carbons (Fsp3) is 0.273. The zero-order chi connectivity index (χ0) is 23.6. The van der Waals surface area contributed by atoms with Crippen molar-refractivity contribution >= 4 is 39.4 Å². The van der Waals surface area contributed by atoms with Crippen LogP contribution in [0, 0.1) is 0 Å². The van der Waals surface area contributed by atoms with E-state index < -0.39 is 40.0 Å². The second-order valence-corrected chi connectivity index (χ2v) is 9.61. The molecule has 3 N–H and O–H groups in total. The van der Waals surface area contributed by atoms with Crippen molar-refractivity contribution in [1.29, 1.82) is 0 Å². The first-order chi connectivity index (χ1) is 15.7. The van der Waals surface area contributed by atoms with E-state index in [0.29, 0.717) is 24.4 Å². The Morgan fingerprint density at radius 2 is 1.91 bits per heavy atom. The van der Waals surface area contributed by atoms with Crippen molar-refractivity contribution in [2.75, 3.05) is 18.4 Å². The maximum atomic E-state index is 12.9. The van der Waals surface area contributed by atoms with E-state index >= 15 is 0 Å². The number of amidine groups is 1. The number of benzene rings is 2. The average Bonchev–Trinajstić information content (AvgIpc) is 3.36. The lowest BCUT2D eigenvalue weighted by Gasteiger charge is -2.22. The van der Waals surface area contributed by atoms with Gasteiger partial charge < -0.3 is 10.6 Å². The van der Waals surface area contributed by atoms with Crippen LogP contribution in [-0.4, -0.2) is 50.1 Å². The number of hydrogen-bond donors (Lipinski definition) is 3. The first kappa shape index (κ1) is 22.5. The van der Waals surface area contributed by atoms with Gasteiger partial charge in [-0.3, -0.25) is 24.2 Å². The molecule has 2 aliphatic rings. The minimum Gasteiger partial charge on any atom is -0.324 e. The van der Waals surface area contributed by atoms with Gasteiger partial charge in [-0.2, -0.15) is 0 Å². The summed E-state index contributed by atoms with van der Waals surface area (Å²) in [6.07, 6.45) is 1.35. The molecule has 4 amide bonds. The third-order valence-corrected chi connectivity index (χ3v) is 6.86. The van der Waals surface area contributed by atoms with Crippen LogP contribution in [0.4, 0.5) is 10.5 Å². The van der Waals surface area contributed by atoms with Gasteiger partial charge in [0.2, 0.25) is 5.91 Å². The highest BCUT2D eigenvalue weighted by atomic mass is 32.2. The van der Waals surface area contributed by atoms with E-state index in [9.17, 15) is 22.8 Å². The second-order valence-electron chi connectivity index (χ2n) is 7.93. The molecule has 0 aliphatic carbocycles. The van der Waals surface area contributed by atoms with Crippen molar-refractivity contribution in [3.05, 3.63) is 60.2 Å². The number of carbonyl (C=O) groups excluding carboxylic acids is 3. The summed E-state index contributed by atoms with van der Waals surface area (Å²) < 4.78 is 27.6. The van der Waals surface area contributed by atoms with Crippen LogP contribution in [0.3, 0.4) is 0 Å². The molecule has 0 bridgehead atoms. The molecule has 1 fully saturated rings. The van der Waals surface area contributed by atoms with E-state index in [1.165, 1.54) is 24.3 Å². The fourth-order valence-corrected chi connectivity index (χ4v) is 4.86. The first-order valence-corrected chi connectivity index (χ1v) is 11.8. The van der Waals surface area contributed by atoms with Crippen molar-refractivity contribution in [3.63, 3.8) is 0 Å². The van der Waals surface area contributed by atoms with Crippen LogP contribution < -0.4 is 15.4 Å². The predicted molar refractivity (Wildman–Crippen MR) is 121 cm³/mol. The maximum absolute atomic E-state index is 12.9. The quantitative estimate of drug-likeness (QED) is 0.552. The Morgan fingerprint density at radius 1 is 1.15 bits per heavy atom. The van der Waals surface area contributed by atoms with Crippen LogP contribution in [0.1, 0.15) is 25.3 Å². The number of sulfonamides is 1. The standard InChI is InChI=1S/C22H23N5O5S/c1-22(15-7-3-2-4-8-15)20(29)27(21(30)25-22)14-19(28)24-16-9-5-10-17(13-16)33(31,32)26-18-11-6-12-23-18/h2-5,7-10,13H,6,11-12,14H2,1H3,(H,23,26)(H,24,28)(H,25,30)/t22-/m0/s1. The van der Waals surface area contributed by atoms with Gasteiger partial charge in [0.1, 0.15) is 17.9 Å². The molecule has 0 unspecified atom stereocenters. The minimum absolute atomic E-state index is 0.0402. The summed E-state index contributed by atoms with van der Waals surface area (Å²) in [6, 6.07) is 13.8. The van der Waals surface area contributed by atoms with Gasteiger partial charge in [0.05, 0.1) is 4.90 Å². The molecule has 172 valence electrons. The van der Waals surface area contributed by atoms with E-state index in [1.54, 1.807) is 37.3 Å². The average molecular weight is 470 g/mol. The Labute approximate surface area is 191 Å². The molecule has 1 saturated heterocycles. The van der Waals surface area contributed by atoms with Crippen LogP contribution in [0.15, 0.2) is 64.5 Å². The number of anilines is 1. The largest absolute Gasteiger partial charge is 0.325 e. The highest BCUT2D eigenvalue weighted by Gasteiger charge is 2.49. The molecule has 0 spiro atoms. The molecule has 0 aromatic heterocycles. The number of hydrogen-bond acceptors (Lipinski definition) is 6. The third-order valence-electron chi connectivity index (χ3n) is 5.48. The molecule has 2 aliphatic heterocycles. The summed E-state index contributed by atoms with van der Waals surface area (Å²) in [6.45, 7) is 1.65. The lowest BCUT2D eigenvalue weighted by Crippen LogP contribution is -2.42. The molecule has 0 saturated carbocycles. The van der Waals surface area contributed by atoms with Gasteiger partial charge >= 0.3 is 6.03 Å². The normalized spacial score (nSPS) is 20.4. The van der Waals surface area contributed by atoms with Crippen LogP contribution in [0.25, 0.3) is 0 Å². The summed E-state index contributed by atoms with van der Waals surface area (Å²) in [5.41, 5.74) is -0.459. The summed E-state index contributed by atoms with van der Waals surface area (Å²) in [4.78, 5) is 42.8. The highest BCUT2D eigenvalue weighted by Crippen LogP contribution is 2.28. The topological polar surface area (TPSA) is 137 Å². The molecule has 1 atom stereocenters. The fourth-order valence-electron chi connectivity index (χ4n) is 3.73. The Balaban J connectivity index is 1.44. The van der Waals surface area contributed by atoms with Crippen molar-refractivity contribution in [3.8, 4) is 0 Å². The Kier molecular flexibility index (Phi) is 5.90. The first-order valence-electron chi connectivity index (χ1n) is 10.3. The maximum Gasteiger partial charge on any atom is 0.325 e. The summed E-state index contributed by atoms with van der Waals surface area (Å²) in [5.74, 6) is -0.783. The van der Waals surface area contributed by atoms with Gasteiger partial charge in [-0.1, -0.05) is 36.4 Å². The third kappa shape index (κ3) is 4.58. The number of rotatable bonds is 6. The summed E-state index contributed by atoms with van der Waals surface area (Å²) >= 11 is 0.